The fourth-order valence-corrected chi connectivity index (χ4v) is 16.3. The van der Waals surface area contributed by atoms with E-state index in [1.165, 1.54) is 89.0 Å². The van der Waals surface area contributed by atoms with Crippen molar-refractivity contribution in [2.24, 2.45) is 0 Å². The van der Waals surface area contributed by atoms with Gasteiger partial charge in [-0.1, -0.05) is 0 Å². The van der Waals surface area contributed by atoms with Crippen LogP contribution in [0.1, 0.15) is 140 Å². The smallest absolute Gasteiger partial charge is 0.0888 e. The highest BCUT2D eigenvalue weighted by Gasteiger charge is 2.14. The first-order valence-corrected chi connectivity index (χ1v) is 52.5. The van der Waals surface area contributed by atoms with Crippen molar-refractivity contribution in [2.75, 3.05) is 132 Å². The molecule has 0 amide bonds. The van der Waals surface area contributed by atoms with Crippen LogP contribution >= 0.6 is 0 Å². The van der Waals surface area contributed by atoms with Gasteiger partial charge < -0.3 is 47.4 Å². The predicted octanol–water partition coefficient (Wildman–Crippen LogP) is 23.3. The van der Waals surface area contributed by atoms with Crippen molar-refractivity contribution in [3.63, 3.8) is 0 Å². The predicted molar refractivity (Wildman–Crippen MR) is 592 cm³/mol. The number of aryl methyl sites for hydroxylation is 16. The minimum Gasteiger partial charge on any atom is -0.381 e. The Bertz CT molecular complexity index is 6270. The quantitative estimate of drug-likeness (QED) is 0.0320. The summed E-state index contributed by atoms with van der Waals surface area (Å²) in [5.41, 5.74) is 34.1. The molecule has 150 heavy (non-hydrogen) atoms. The van der Waals surface area contributed by atoms with Gasteiger partial charge in [-0.3, -0.25) is 79.7 Å². The van der Waals surface area contributed by atoms with Crippen molar-refractivity contribution in [2.45, 2.75) is 158 Å². The molecule has 0 saturated heterocycles. The average molecular weight is 2020 g/mol. The van der Waals surface area contributed by atoms with Gasteiger partial charge in [0.2, 0.25) is 0 Å². The summed E-state index contributed by atoms with van der Waals surface area (Å²) in [6, 6.07) is 65.9. The maximum Gasteiger partial charge on any atom is 0.0888 e. The minimum absolute atomic E-state index is 0.552. The van der Waals surface area contributed by atoms with Crippen molar-refractivity contribution >= 4 is 0 Å². The highest BCUT2D eigenvalue weighted by molar-refractivity contribution is 5.62. The number of ether oxygens (including phenoxy) is 10. The molecular formula is C124H144N16O10. The Morgan fingerprint density at radius 2 is 0.213 bits per heavy atom. The Labute approximate surface area is 885 Å². The first kappa shape index (κ1) is 113. The molecule has 0 bridgehead atoms. The Morgan fingerprint density at radius 1 is 0.120 bits per heavy atom. The standard InChI is InChI=1S/C34H42N4O4.C32H38N4O3.C30H34N4O2.C28H30N4O/c1-27-7-11-35-31(23-27)33-25-29(9-13-37-33)5-3-15-39-17-19-41-21-22-42-20-18-40-16-4-6-30-10-14-38-34(26-30)32-24-28(2)8-12-36-32;1-25-7-11-33-29(21-25)31-23-27(9-13-35-31)5-3-15-37-17-19-39-20-18-38-16-4-6-28-10-14-36-32(24-28)30-22-26(2)8-12-34-30;1-23-7-11-31-27(19-23)29-21-25(9-13-33-29)5-3-15-35-17-18-36-16-4-6-26-10-14-34-30(22-26)28-20-24(2)8-12-32-28;1-21-7-11-29-25(17-21)27-19-23(9-13-31-27)5-3-15-33-16-4-6-24-10-14-32-28(20-24)26-18-22(2)8-12-30-26/h7-14,23-26H,3-6,15-22H2,1-2H3;7-14,21-24H,3-6,15-20H2,1-2H3;7-14,19-22H,3-6,15-18H2,1-2H3;7-14,17-20H,3-6,15-16H2,1-2H3. The van der Waals surface area contributed by atoms with Crippen LogP contribution in [-0.2, 0) is 98.7 Å². The number of aromatic nitrogens is 16. The van der Waals surface area contributed by atoms with Gasteiger partial charge in [-0.25, -0.2) is 0 Å². The molecule has 780 valence electrons. The van der Waals surface area contributed by atoms with Crippen molar-refractivity contribution < 1.29 is 47.4 Å². The molecule has 0 N–H and O–H groups in total. The van der Waals surface area contributed by atoms with Crippen LogP contribution < -0.4 is 0 Å². The van der Waals surface area contributed by atoms with E-state index in [0.29, 0.717) is 106 Å². The van der Waals surface area contributed by atoms with Gasteiger partial charge in [0.05, 0.1) is 170 Å². The summed E-state index contributed by atoms with van der Waals surface area (Å²) in [4.78, 5) is 71.2. The Morgan fingerprint density at radius 3 is 0.327 bits per heavy atom. The van der Waals surface area contributed by atoms with Crippen LogP contribution in [0.5, 0.6) is 0 Å². The van der Waals surface area contributed by atoms with E-state index in [0.717, 1.165) is 220 Å². The summed E-state index contributed by atoms with van der Waals surface area (Å²) in [6.45, 7) is 29.3. The minimum atomic E-state index is 0.552. The third-order valence-electron chi connectivity index (χ3n) is 24.3. The molecule has 0 unspecified atom stereocenters. The Balaban J connectivity index is 0.000000167. The van der Waals surface area contributed by atoms with E-state index >= 15 is 0 Å². The molecule has 0 aromatic carbocycles. The van der Waals surface area contributed by atoms with Gasteiger partial charge in [0.25, 0.3) is 0 Å². The average Bonchev–Trinajstić information content (AvgIpc) is 0.884. The second-order valence-electron chi connectivity index (χ2n) is 37.1. The van der Waals surface area contributed by atoms with Crippen LogP contribution in [0.3, 0.4) is 0 Å². The lowest BCUT2D eigenvalue weighted by molar-refractivity contribution is -0.00216. The zero-order valence-corrected chi connectivity index (χ0v) is 88.4. The van der Waals surface area contributed by atoms with Crippen LogP contribution in [0.25, 0.3) is 91.1 Å². The highest BCUT2D eigenvalue weighted by atomic mass is 16.6. The van der Waals surface area contributed by atoms with Gasteiger partial charge in [0.1, 0.15) is 0 Å². The first-order chi connectivity index (χ1) is 73.7. The summed E-state index contributed by atoms with van der Waals surface area (Å²) >= 11 is 0. The van der Waals surface area contributed by atoms with Crippen LogP contribution in [0.2, 0.25) is 0 Å². The van der Waals surface area contributed by atoms with Crippen LogP contribution in [0, 0.1) is 55.4 Å². The van der Waals surface area contributed by atoms with Crippen molar-refractivity contribution in [3.05, 3.63) is 382 Å². The molecule has 0 fully saturated rings. The summed E-state index contributed by atoms with van der Waals surface area (Å²) in [7, 11) is 0. The summed E-state index contributed by atoms with van der Waals surface area (Å²) < 4.78 is 57.1. The second kappa shape index (κ2) is 65.8. The lowest BCUT2D eigenvalue weighted by Crippen LogP contribution is -2.12. The Hall–Kier alpha value is -14.0. The van der Waals surface area contributed by atoms with Crippen molar-refractivity contribution in [1.29, 1.82) is 0 Å². The lowest BCUT2D eigenvalue weighted by atomic mass is 10.1. The fourth-order valence-electron chi connectivity index (χ4n) is 16.3. The highest BCUT2D eigenvalue weighted by Crippen LogP contribution is 2.27. The number of pyridine rings is 16. The SMILES string of the molecule is Cc1ccnc(-c2cc(CCCOCCCc3ccnc(-c4cc(C)ccn4)c3)ccn2)c1.Cc1ccnc(-c2cc(CCCOCCOCCCc3ccnc(-c4cc(C)ccn4)c3)ccn2)c1.Cc1ccnc(-c2cc(CCCOCCOCCOCCCc3ccnc(-c4cc(C)ccn4)c3)ccn2)c1.Cc1ccnc(-c2cc(CCCOCCOCCOCCOCCCc3ccnc(-c4cc(C)ccn4)c3)ccn2)c1. The van der Waals surface area contributed by atoms with E-state index in [-0.39, 0.29) is 0 Å². The molecule has 16 aromatic heterocycles. The molecule has 0 spiro atoms. The Kier molecular flexibility index (Phi) is 49.6. The number of hydrogen-bond acceptors (Lipinski definition) is 26. The molecule has 0 aliphatic rings. The largest absolute Gasteiger partial charge is 0.381 e. The number of hydrogen-bond donors (Lipinski definition) is 0. The normalized spacial score (nSPS) is 11.1. The molecule has 0 radical (unpaired) electrons. The molecular weight excluding hydrogens is 1870 g/mol. The lowest BCUT2D eigenvalue weighted by Gasteiger charge is -2.08. The van der Waals surface area contributed by atoms with Crippen molar-refractivity contribution in [1.82, 2.24) is 79.7 Å². The number of rotatable bonds is 58. The summed E-state index contributed by atoms with van der Waals surface area (Å²) in [5, 5.41) is 0. The van der Waals surface area contributed by atoms with E-state index in [9.17, 15) is 0 Å². The molecule has 0 aliphatic heterocycles. The van der Waals surface area contributed by atoms with E-state index in [2.05, 4.69) is 281 Å². The van der Waals surface area contributed by atoms with Crippen LogP contribution in [0.4, 0.5) is 0 Å². The maximum absolute atomic E-state index is 5.88. The van der Waals surface area contributed by atoms with E-state index in [4.69, 9.17) is 47.4 Å². The zero-order chi connectivity index (χ0) is 104. The topological polar surface area (TPSA) is 299 Å². The van der Waals surface area contributed by atoms with E-state index in [1.54, 1.807) is 0 Å². The molecule has 16 aromatic rings. The van der Waals surface area contributed by atoms with Gasteiger partial charge >= 0.3 is 0 Å². The van der Waals surface area contributed by atoms with Gasteiger partial charge in [0, 0.05) is 152 Å². The second-order valence-corrected chi connectivity index (χ2v) is 37.1. The van der Waals surface area contributed by atoms with E-state index < -0.39 is 0 Å². The molecule has 0 saturated carbocycles. The molecule has 0 atom stereocenters. The third-order valence-corrected chi connectivity index (χ3v) is 24.3. The van der Waals surface area contributed by atoms with Crippen LogP contribution in [0.15, 0.2) is 293 Å². The number of nitrogens with zero attached hydrogens (tertiary/aromatic N) is 16. The molecule has 16 rings (SSSR count). The molecule has 26 heteroatoms. The van der Waals surface area contributed by atoms with Gasteiger partial charge in [0.15, 0.2) is 0 Å². The fraction of sp³-hybridized carbons (Fsp3) is 0.355. The van der Waals surface area contributed by atoms with Crippen LogP contribution in [-0.4, -0.2) is 212 Å². The summed E-state index contributed by atoms with van der Waals surface area (Å²) in [5.74, 6) is 0. The summed E-state index contributed by atoms with van der Waals surface area (Å²) in [6.07, 6.45) is 44.8. The molecule has 26 nitrogen and oxygen atoms in total. The van der Waals surface area contributed by atoms with Crippen molar-refractivity contribution in [3.8, 4) is 91.1 Å². The molecule has 0 aliphatic carbocycles. The third kappa shape index (κ3) is 42.6. The monoisotopic (exact) mass is 2020 g/mol. The molecule has 16 heterocycles. The maximum atomic E-state index is 5.88. The van der Waals surface area contributed by atoms with E-state index in [1.807, 2.05) is 148 Å². The van der Waals surface area contributed by atoms with Gasteiger partial charge in [-0.2, -0.15) is 0 Å². The first-order valence-electron chi connectivity index (χ1n) is 52.5. The zero-order valence-electron chi connectivity index (χ0n) is 88.4. The van der Waals surface area contributed by atoms with Gasteiger partial charge in [-0.05, 0) is 441 Å². The van der Waals surface area contributed by atoms with Gasteiger partial charge in [-0.15, -0.1) is 0 Å².